The molecule has 1 rings (SSSR count). The highest BCUT2D eigenvalue weighted by atomic mass is 32.2. The molecule has 1 fully saturated rings. The van der Waals surface area contributed by atoms with Crippen molar-refractivity contribution in [1.29, 1.82) is 0 Å². The first-order chi connectivity index (χ1) is 8.00. The summed E-state index contributed by atoms with van der Waals surface area (Å²) in [6, 6.07) is -0.160. The van der Waals surface area contributed by atoms with Gasteiger partial charge in [-0.15, -0.1) is 0 Å². The zero-order valence-corrected chi connectivity index (χ0v) is 12.5. The molecule has 0 aliphatic carbocycles. The Hall–Kier alpha value is -0.820. The van der Waals surface area contributed by atoms with Gasteiger partial charge >= 0.3 is 6.09 Å². The van der Waals surface area contributed by atoms with Gasteiger partial charge in [-0.25, -0.2) is 17.5 Å². The van der Waals surface area contributed by atoms with Crippen LogP contribution in [0.25, 0.3) is 0 Å². The molecule has 7 heteroatoms. The lowest BCUT2D eigenvalue weighted by atomic mass is 10.2. The van der Waals surface area contributed by atoms with Gasteiger partial charge in [0.25, 0.3) is 0 Å². The average molecular weight is 278 g/mol. The number of hydrogen-bond donors (Lipinski definition) is 0. The Balaban J connectivity index is 2.59. The molecule has 1 aliphatic rings. The zero-order valence-electron chi connectivity index (χ0n) is 11.6. The lowest BCUT2D eigenvalue weighted by Gasteiger charge is -2.25. The number of amides is 1. The number of carbonyl (C=O) groups is 1. The van der Waals surface area contributed by atoms with Gasteiger partial charge in [0.15, 0.2) is 0 Å². The van der Waals surface area contributed by atoms with E-state index in [0.29, 0.717) is 19.5 Å². The first kappa shape index (κ1) is 15.2. The summed E-state index contributed by atoms with van der Waals surface area (Å²) in [5.41, 5.74) is -0.530. The Labute approximate surface area is 109 Å². The highest BCUT2D eigenvalue weighted by molar-refractivity contribution is 7.88. The molecule has 1 aliphatic heterocycles. The molecule has 1 saturated heterocycles. The largest absolute Gasteiger partial charge is 0.444 e. The monoisotopic (exact) mass is 278 g/mol. The van der Waals surface area contributed by atoms with Crippen LogP contribution in [0.2, 0.25) is 0 Å². The van der Waals surface area contributed by atoms with Gasteiger partial charge in [-0.05, 0) is 27.2 Å². The maximum absolute atomic E-state index is 11.8. The number of hydrogen-bond acceptors (Lipinski definition) is 4. The van der Waals surface area contributed by atoms with Crippen LogP contribution in [0.15, 0.2) is 0 Å². The second kappa shape index (κ2) is 5.05. The minimum Gasteiger partial charge on any atom is -0.444 e. The fraction of sp³-hybridized carbons (Fsp3) is 0.909. The number of ether oxygens (including phenoxy) is 1. The Morgan fingerprint density at radius 1 is 1.39 bits per heavy atom. The van der Waals surface area contributed by atoms with Crippen LogP contribution >= 0.6 is 0 Å². The van der Waals surface area contributed by atoms with Gasteiger partial charge in [0.05, 0.1) is 6.26 Å². The molecule has 0 radical (unpaired) electrons. The first-order valence-electron chi connectivity index (χ1n) is 5.91. The fourth-order valence-corrected chi connectivity index (χ4v) is 2.52. The van der Waals surface area contributed by atoms with Gasteiger partial charge in [-0.2, -0.15) is 0 Å². The van der Waals surface area contributed by atoms with Gasteiger partial charge < -0.3 is 9.64 Å². The molecule has 0 aromatic rings. The summed E-state index contributed by atoms with van der Waals surface area (Å²) in [5.74, 6) is 0. The van der Waals surface area contributed by atoms with Crippen molar-refractivity contribution in [2.45, 2.75) is 38.8 Å². The highest BCUT2D eigenvalue weighted by Crippen LogP contribution is 2.19. The normalized spacial score (nSPS) is 21.4. The zero-order chi connectivity index (χ0) is 14.1. The van der Waals surface area contributed by atoms with Gasteiger partial charge in [0, 0.05) is 26.2 Å². The quantitative estimate of drug-likeness (QED) is 0.752. The number of nitrogens with zero attached hydrogens (tertiary/aromatic N) is 2. The molecular weight excluding hydrogens is 256 g/mol. The number of sulfonamides is 1. The van der Waals surface area contributed by atoms with Crippen LogP contribution in [0.5, 0.6) is 0 Å². The second-order valence-corrected chi connectivity index (χ2v) is 7.69. The van der Waals surface area contributed by atoms with E-state index in [9.17, 15) is 13.2 Å². The molecule has 1 heterocycles. The van der Waals surface area contributed by atoms with Crippen molar-refractivity contribution in [3.05, 3.63) is 0 Å². The van der Waals surface area contributed by atoms with E-state index in [1.54, 1.807) is 32.7 Å². The molecule has 0 spiro atoms. The Morgan fingerprint density at radius 3 is 2.39 bits per heavy atom. The van der Waals surface area contributed by atoms with Crippen molar-refractivity contribution >= 4 is 16.1 Å². The topological polar surface area (TPSA) is 66.9 Å². The molecule has 0 aromatic carbocycles. The summed E-state index contributed by atoms with van der Waals surface area (Å²) in [4.78, 5) is 13.4. The van der Waals surface area contributed by atoms with Crippen LogP contribution in [0.4, 0.5) is 4.79 Å². The smallest absolute Gasteiger partial charge is 0.410 e. The molecule has 0 aromatic heterocycles. The minimum atomic E-state index is -3.22. The lowest BCUT2D eigenvalue weighted by molar-refractivity contribution is 0.0287. The van der Waals surface area contributed by atoms with Gasteiger partial charge in [0.1, 0.15) is 5.60 Å². The van der Waals surface area contributed by atoms with Crippen LogP contribution in [0.3, 0.4) is 0 Å². The van der Waals surface area contributed by atoms with Crippen LogP contribution in [-0.2, 0) is 14.8 Å². The summed E-state index contributed by atoms with van der Waals surface area (Å²) < 4.78 is 29.4. The van der Waals surface area contributed by atoms with E-state index in [4.69, 9.17) is 4.74 Å². The summed E-state index contributed by atoms with van der Waals surface area (Å²) in [6.07, 6.45) is 1.43. The average Bonchev–Trinajstić information content (AvgIpc) is 2.60. The third-order valence-electron chi connectivity index (χ3n) is 2.85. The Morgan fingerprint density at radius 2 is 1.94 bits per heavy atom. The summed E-state index contributed by atoms with van der Waals surface area (Å²) in [7, 11) is -1.68. The molecule has 18 heavy (non-hydrogen) atoms. The van der Waals surface area contributed by atoms with Crippen molar-refractivity contribution < 1.29 is 17.9 Å². The maximum atomic E-state index is 11.8. The number of carbonyl (C=O) groups excluding carboxylic acids is 1. The van der Waals surface area contributed by atoms with E-state index in [2.05, 4.69) is 0 Å². The standard InChI is InChI=1S/C11H22N2O4S/c1-11(2,3)17-10(14)13-7-6-9(8-13)12(4)18(5,15)16/h9H,6-8H2,1-5H3/t9-/m1/s1. The summed E-state index contributed by atoms with van der Waals surface area (Å²) in [6.45, 7) is 6.33. The van der Waals surface area contributed by atoms with Crippen LogP contribution < -0.4 is 0 Å². The third-order valence-corrected chi connectivity index (χ3v) is 4.20. The lowest BCUT2D eigenvalue weighted by Crippen LogP contribution is -2.40. The van der Waals surface area contributed by atoms with E-state index in [1.165, 1.54) is 10.6 Å². The second-order valence-electron chi connectivity index (χ2n) is 5.65. The molecule has 0 N–H and O–H groups in total. The Bertz CT molecular complexity index is 413. The van der Waals surface area contributed by atoms with E-state index in [0.717, 1.165) is 0 Å². The van der Waals surface area contributed by atoms with Crippen LogP contribution in [0.1, 0.15) is 27.2 Å². The van der Waals surface area contributed by atoms with Crippen molar-refractivity contribution in [2.24, 2.45) is 0 Å². The molecule has 1 atom stereocenters. The molecule has 0 unspecified atom stereocenters. The summed E-state index contributed by atoms with van der Waals surface area (Å²) >= 11 is 0. The van der Waals surface area contributed by atoms with Crippen molar-refractivity contribution in [1.82, 2.24) is 9.21 Å². The van der Waals surface area contributed by atoms with E-state index in [-0.39, 0.29) is 12.1 Å². The third kappa shape index (κ3) is 4.13. The SMILES string of the molecule is CN([C@@H]1CCN(C(=O)OC(C)(C)C)C1)S(C)(=O)=O. The molecule has 0 bridgehead atoms. The van der Waals surface area contributed by atoms with Gasteiger partial charge in [0.2, 0.25) is 10.0 Å². The summed E-state index contributed by atoms with van der Waals surface area (Å²) in [5, 5.41) is 0. The molecule has 106 valence electrons. The molecular formula is C11H22N2O4S. The van der Waals surface area contributed by atoms with E-state index >= 15 is 0 Å². The van der Waals surface area contributed by atoms with Crippen LogP contribution in [-0.4, -0.2) is 61.8 Å². The van der Waals surface area contributed by atoms with Crippen molar-refractivity contribution in [2.75, 3.05) is 26.4 Å². The van der Waals surface area contributed by atoms with Crippen molar-refractivity contribution in [3.63, 3.8) is 0 Å². The number of likely N-dealkylation sites (tertiary alicyclic amines) is 1. The fourth-order valence-electron chi connectivity index (χ4n) is 1.80. The molecule has 6 nitrogen and oxygen atoms in total. The Kier molecular flexibility index (Phi) is 4.27. The number of rotatable bonds is 2. The van der Waals surface area contributed by atoms with E-state index in [1.807, 2.05) is 0 Å². The maximum Gasteiger partial charge on any atom is 0.410 e. The first-order valence-corrected chi connectivity index (χ1v) is 7.76. The van der Waals surface area contributed by atoms with Gasteiger partial charge in [-0.1, -0.05) is 0 Å². The molecule has 1 amide bonds. The minimum absolute atomic E-state index is 0.160. The molecule has 0 saturated carbocycles. The van der Waals surface area contributed by atoms with Crippen LogP contribution in [0, 0.1) is 0 Å². The predicted molar refractivity (Wildman–Crippen MR) is 68.8 cm³/mol. The highest BCUT2D eigenvalue weighted by Gasteiger charge is 2.34. The number of likely N-dealkylation sites (N-methyl/N-ethyl adjacent to an activating group) is 1. The predicted octanol–water partition coefficient (Wildman–Crippen LogP) is 0.887. The van der Waals surface area contributed by atoms with Crippen molar-refractivity contribution in [3.8, 4) is 0 Å². The van der Waals surface area contributed by atoms with Gasteiger partial charge in [-0.3, -0.25) is 0 Å². The van der Waals surface area contributed by atoms with E-state index < -0.39 is 15.6 Å².